The van der Waals surface area contributed by atoms with Gasteiger partial charge in [-0.1, -0.05) is 31.4 Å². The third-order valence-corrected chi connectivity index (χ3v) is 3.18. The normalized spacial score (nSPS) is 17.5. The summed E-state index contributed by atoms with van der Waals surface area (Å²) in [6, 6.07) is 0.527. The van der Waals surface area contributed by atoms with Crippen molar-refractivity contribution in [3.8, 4) is 0 Å². The lowest BCUT2D eigenvalue weighted by Crippen LogP contribution is -2.11. The van der Waals surface area contributed by atoms with Crippen molar-refractivity contribution in [1.29, 1.82) is 0 Å². The molecule has 0 bridgehead atoms. The number of rotatable bonds is 4. The summed E-state index contributed by atoms with van der Waals surface area (Å²) in [6.45, 7) is 2.16. The van der Waals surface area contributed by atoms with E-state index in [9.17, 15) is 5.11 Å². The Labute approximate surface area is 90.3 Å². The zero-order valence-electron chi connectivity index (χ0n) is 9.32. The second kappa shape index (κ2) is 4.75. The number of aliphatic hydroxyl groups is 1. The van der Waals surface area contributed by atoms with Gasteiger partial charge in [0.25, 0.3) is 0 Å². The first kappa shape index (κ1) is 10.6. The zero-order chi connectivity index (χ0) is 10.7. The molecule has 1 aromatic heterocycles. The van der Waals surface area contributed by atoms with E-state index < -0.39 is 0 Å². The molecular weight excluding hydrogens is 190 g/mol. The van der Waals surface area contributed by atoms with Crippen molar-refractivity contribution in [3.63, 3.8) is 0 Å². The number of nitrogens with zero attached hydrogens (tertiary/aromatic N) is 3. The van der Waals surface area contributed by atoms with Gasteiger partial charge >= 0.3 is 0 Å². The minimum atomic E-state index is 0.0159. The van der Waals surface area contributed by atoms with Gasteiger partial charge in [-0.05, 0) is 19.3 Å². The van der Waals surface area contributed by atoms with Gasteiger partial charge in [-0.15, -0.1) is 5.10 Å². The van der Waals surface area contributed by atoms with Crippen LogP contribution in [0.2, 0.25) is 0 Å². The fraction of sp³-hybridized carbons (Fsp3) is 0.818. The van der Waals surface area contributed by atoms with Gasteiger partial charge in [-0.25, -0.2) is 4.68 Å². The lowest BCUT2D eigenvalue weighted by atomic mass is 10.2. The molecule has 0 unspecified atom stereocenters. The van der Waals surface area contributed by atoms with Gasteiger partial charge in [0.05, 0.1) is 18.3 Å². The van der Waals surface area contributed by atoms with Gasteiger partial charge < -0.3 is 5.11 Å². The highest BCUT2D eigenvalue weighted by atomic mass is 16.3. The fourth-order valence-electron chi connectivity index (χ4n) is 2.41. The van der Waals surface area contributed by atoms with Crippen LogP contribution in [0.4, 0.5) is 0 Å². The Hall–Kier alpha value is -0.900. The number of hydrogen-bond acceptors (Lipinski definition) is 3. The highest BCUT2D eigenvalue weighted by Gasteiger charge is 2.22. The van der Waals surface area contributed by atoms with Crippen molar-refractivity contribution >= 4 is 0 Å². The summed E-state index contributed by atoms with van der Waals surface area (Å²) in [4.78, 5) is 0. The topological polar surface area (TPSA) is 50.9 Å². The van der Waals surface area contributed by atoms with Crippen molar-refractivity contribution in [2.75, 3.05) is 0 Å². The van der Waals surface area contributed by atoms with E-state index in [1.807, 2.05) is 0 Å². The molecule has 2 rings (SSSR count). The third-order valence-electron chi connectivity index (χ3n) is 3.18. The molecule has 1 saturated carbocycles. The molecule has 1 fully saturated rings. The molecule has 0 amide bonds. The molecule has 4 nitrogen and oxygen atoms in total. The van der Waals surface area contributed by atoms with Crippen molar-refractivity contribution in [2.24, 2.45) is 0 Å². The van der Waals surface area contributed by atoms with Crippen LogP contribution in [0.25, 0.3) is 0 Å². The maximum absolute atomic E-state index is 9.19. The van der Waals surface area contributed by atoms with Crippen LogP contribution in [-0.2, 0) is 13.0 Å². The molecule has 15 heavy (non-hydrogen) atoms. The van der Waals surface area contributed by atoms with E-state index in [0.717, 1.165) is 24.2 Å². The van der Waals surface area contributed by atoms with Crippen LogP contribution < -0.4 is 0 Å². The maximum atomic E-state index is 9.19. The second-order valence-electron chi connectivity index (χ2n) is 4.27. The molecule has 0 radical (unpaired) electrons. The van der Waals surface area contributed by atoms with Crippen molar-refractivity contribution in [1.82, 2.24) is 15.0 Å². The standard InChI is InChI=1S/C11H19N3O/c1-2-5-11-10(8-15)12-13-14(11)9-6-3-4-7-9/h9,15H,2-8H2,1H3. The Morgan fingerprint density at radius 2 is 2.13 bits per heavy atom. The predicted molar refractivity (Wildman–Crippen MR) is 57.4 cm³/mol. The highest BCUT2D eigenvalue weighted by Crippen LogP contribution is 2.30. The first-order chi connectivity index (χ1) is 7.36. The first-order valence-electron chi connectivity index (χ1n) is 5.90. The largest absolute Gasteiger partial charge is 0.390 e. The Balaban J connectivity index is 2.24. The average molecular weight is 209 g/mol. The molecule has 4 heteroatoms. The van der Waals surface area contributed by atoms with Crippen LogP contribution >= 0.6 is 0 Å². The van der Waals surface area contributed by atoms with Crippen LogP contribution in [0.15, 0.2) is 0 Å². The van der Waals surface area contributed by atoms with E-state index in [2.05, 4.69) is 21.9 Å². The summed E-state index contributed by atoms with van der Waals surface area (Å²) in [5.74, 6) is 0. The van der Waals surface area contributed by atoms with E-state index in [-0.39, 0.29) is 6.61 Å². The lowest BCUT2D eigenvalue weighted by Gasteiger charge is -2.12. The number of aliphatic hydroxyl groups excluding tert-OH is 1. The molecule has 0 spiro atoms. The Morgan fingerprint density at radius 3 is 2.73 bits per heavy atom. The van der Waals surface area contributed by atoms with Crippen LogP contribution in [-0.4, -0.2) is 20.1 Å². The molecular formula is C11H19N3O. The maximum Gasteiger partial charge on any atom is 0.111 e. The molecule has 0 atom stereocenters. The van der Waals surface area contributed by atoms with Crippen LogP contribution in [0.5, 0.6) is 0 Å². The SMILES string of the molecule is CCCc1c(CO)nnn1C1CCCC1. The van der Waals surface area contributed by atoms with Crippen molar-refractivity contribution < 1.29 is 5.11 Å². The molecule has 1 N–H and O–H groups in total. The number of hydrogen-bond donors (Lipinski definition) is 1. The Bertz CT molecular complexity index is 316. The summed E-state index contributed by atoms with van der Waals surface area (Å²) in [7, 11) is 0. The van der Waals surface area contributed by atoms with Gasteiger partial charge in [0.2, 0.25) is 0 Å². The monoisotopic (exact) mass is 209 g/mol. The van der Waals surface area contributed by atoms with Crippen molar-refractivity contribution in [3.05, 3.63) is 11.4 Å². The predicted octanol–water partition coefficient (Wildman–Crippen LogP) is 1.84. The summed E-state index contributed by atoms with van der Waals surface area (Å²) in [6.07, 6.45) is 7.07. The highest BCUT2D eigenvalue weighted by molar-refractivity contribution is 5.10. The fourth-order valence-corrected chi connectivity index (χ4v) is 2.41. The van der Waals surface area contributed by atoms with E-state index in [1.165, 1.54) is 25.7 Å². The van der Waals surface area contributed by atoms with Crippen molar-refractivity contribution in [2.45, 2.75) is 58.1 Å². The van der Waals surface area contributed by atoms with Gasteiger partial charge in [0, 0.05) is 0 Å². The van der Waals surface area contributed by atoms with E-state index in [0.29, 0.717) is 6.04 Å². The van der Waals surface area contributed by atoms with Gasteiger partial charge in [-0.3, -0.25) is 0 Å². The smallest absolute Gasteiger partial charge is 0.111 e. The van der Waals surface area contributed by atoms with E-state index in [1.54, 1.807) is 0 Å². The van der Waals surface area contributed by atoms with E-state index >= 15 is 0 Å². The summed E-state index contributed by atoms with van der Waals surface area (Å²) < 4.78 is 2.06. The van der Waals surface area contributed by atoms with Crippen LogP contribution in [0.3, 0.4) is 0 Å². The Kier molecular flexibility index (Phi) is 3.36. The molecule has 1 heterocycles. The molecule has 0 saturated heterocycles. The second-order valence-corrected chi connectivity index (χ2v) is 4.27. The molecule has 1 aliphatic carbocycles. The molecule has 0 aromatic carbocycles. The first-order valence-corrected chi connectivity index (χ1v) is 5.90. The van der Waals surface area contributed by atoms with Crippen LogP contribution in [0.1, 0.15) is 56.5 Å². The van der Waals surface area contributed by atoms with Gasteiger partial charge in [0.15, 0.2) is 0 Å². The summed E-state index contributed by atoms with van der Waals surface area (Å²) in [5, 5.41) is 17.4. The molecule has 1 aliphatic rings. The average Bonchev–Trinajstić information content (AvgIpc) is 2.85. The number of aromatic nitrogens is 3. The minimum Gasteiger partial charge on any atom is -0.390 e. The zero-order valence-corrected chi connectivity index (χ0v) is 9.32. The van der Waals surface area contributed by atoms with Gasteiger partial charge in [0.1, 0.15) is 5.69 Å². The summed E-state index contributed by atoms with van der Waals surface area (Å²) >= 11 is 0. The Morgan fingerprint density at radius 1 is 1.40 bits per heavy atom. The molecule has 84 valence electrons. The third kappa shape index (κ3) is 2.04. The molecule has 0 aliphatic heterocycles. The quantitative estimate of drug-likeness (QED) is 0.823. The van der Waals surface area contributed by atoms with Gasteiger partial charge in [-0.2, -0.15) is 0 Å². The summed E-state index contributed by atoms with van der Waals surface area (Å²) in [5.41, 5.74) is 1.91. The minimum absolute atomic E-state index is 0.0159. The lowest BCUT2D eigenvalue weighted by molar-refractivity contribution is 0.275. The van der Waals surface area contributed by atoms with E-state index in [4.69, 9.17) is 0 Å². The van der Waals surface area contributed by atoms with Crippen LogP contribution in [0, 0.1) is 0 Å². The molecule has 1 aromatic rings.